The number of imidazole rings is 1. The molecule has 0 spiro atoms. The van der Waals surface area contributed by atoms with Gasteiger partial charge in [0, 0.05) is 39.0 Å². The van der Waals surface area contributed by atoms with Crippen LogP contribution in [0.3, 0.4) is 0 Å². The molecule has 1 N–H and O–H groups in total. The number of aromatic nitrogens is 2. The summed E-state index contributed by atoms with van der Waals surface area (Å²) in [6.07, 6.45) is 9.88. The minimum atomic E-state index is 0.722. The van der Waals surface area contributed by atoms with Crippen molar-refractivity contribution in [2.45, 2.75) is 33.1 Å². The van der Waals surface area contributed by atoms with Gasteiger partial charge in [0.15, 0.2) is 0 Å². The molecule has 0 fully saturated rings. The predicted octanol–water partition coefficient (Wildman–Crippen LogP) is 2.54. The average Bonchev–Trinajstić information content (AvgIpc) is 2.73. The zero-order chi connectivity index (χ0) is 13.0. The summed E-state index contributed by atoms with van der Waals surface area (Å²) < 4.78 is 2.09. The lowest BCUT2D eigenvalue weighted by molar-refractivity contribution is 0.351. The zero-order valence-electron chi connectivity index (χ0n) is 11.8. The minimum absolute atomic E-state index is 0.722. The van der Waals surface area contributed by atoms with E-state index in [4.69, 9.17) is 0 Å². The van der Waals surface area contributed by atoms with Gasteiger partial charge in [-0.05, 0) is 31.6 Å². The lowest BCUT2D eigenvalue weighted by atomic mass is 9.80. The molecule has 0 aromatic carbocycles. The van der Waals surface area contributed by atoms with E-state index in [1.54, 1.807) is 5.57 Å². The summed E-state index contributed by atoms with van der Waals surface area (Å²) in [7, 11) is 2.05. The van der Waals surface area contributed by atoms with Crippen molar-refractivity contribution in [1.29, 1.82) is 0 Å². The second kappa shape index (κ2) is 6.19. The highest BCUT2D eigenvalue weighted by molar-refractivity contribution is 5.09. The number of nitrogens with zero attached hydrogens (tertiary/aromatic N) is 2. The first kappa shape index (κ1) is 13.3. The third kappa shape index (κ3) is 3.22. The molecule has 0 radical (unpaired) electrons. The van der Waals surface area contributed by atoms with Gasteiger partial charge in [-0.2, -0.15) is 0 Å². The molecule has 0 aliphatic heterocycles. The summed E-state index contributed by atoms with van der Waals surface area (Å²) in [5.41, 5.74) is 1.57. The fourth-order valence-corrected chi connectivity index (χ4v) is 2.83. The van der Waals surface area contributed by atoms with Gasteiger partial charge >= 0.3 is 0 Å². The van der Waals surface area contributed by atoms with Crippen LogP contribution in [0.25, 0.3) is 0 Å². The van der Waals surface area contributed by atoms with Crippen molar-refractivity contribution in [2.24, 2.45) is 18.9 Å². The molecule has 0 bridgehead atoms. The highest BCUT2D eigenvalue weighted by atomic mass is 15.0. The fourth-order valence-electron chi connectivity index (χ4n) is 2.83. The van der Waals surface area contributed by atoms with E-state index in [9.17, 15) is 0 Å². The first-order valence-electron chi connectivity index (χ1n) is 7.02. The molecular weight excluding hydrogens is 222 g/mol. The summed E-state index contributed by atoms with van der Waals surface area (Å²) in [4.78, 5) is 4.34. The number of allylic oxidation sites excluding steroid dienone is 1. The van der Waals surface area contributed by atoms with Crippen LogP contribution in [0.1, 0.15) is 32.5 Å². The van der Waals surface area contributed by atoms with Crippen LogP contribution < -0.4 is 5.32 Å². The van der Waals surface area contributed by atoms with Crippen LogP contribution in [0.5, 0.6) is 0 Å². The van der Waals surface area contributed by atoms with Crippen molar-refractivity contribution in [3.63, 3.8) is 0 Å². The highest BCUT2D eigenvalue weighted by Gasteiger charge is 2.21. The average molecular weight is 247 g/mol. The molecule has 0 saturated carbocycles. The SMILES string of the molecule is CC1=CCC[C@@H](C)[C@@H]1CNCCc1nccn1C. The highest BCUT2D eigenvalue weighted by Crippen LogP contribution is 2.29. The van der Waals surface area contributed by atoms with Crippen LogP contribution in [0.4, 0.5) is 0 Å². The topological polar surface area (TPSA) is 29.9 Å². The largest absolute Gasteiger partial charge is 0.338 e. The van der Waals surface area contributed by atoms with Crippen molar-refractivity contribution < 1.29 is 0 Å². The summed E-state index contributed by atoms with van der Waals surface area (Å²) in [6, 6.07) is 0. The Hall–Kier alpha value is -1.09. The minimum Gasteiger partial charge on any atom is -0.338 e. The molecule has 1 aliphatic rings. The van der Waals surface area contributed by atoms with Crippen molar-refractivity contribution in [3.05, 3.63) is 29.9 Å². The number of aryl methyl sites for hydroxylation is 1. The second-order valence-electron chi connectivity index (χ2n) is 5.52. The van der Waals surface area contributed by atoms with E-state index in [-0.39, 0.29) is 0 Å². The molecule has 2 atom stereocenters. The van der Waals surface area contributed by atoms with E-state index < -0.39 is 0 Å². The Morgan fingerprint density at radius 3 is 3.00 bits per heavy atom. The molecule has 100 valence electrons. The molecule has 0 saturated heterocycles. The standard InChI is InChI=1S/C15H25N3/c1-12-5-4-6-13(2)14(12)11-16-8-7-15-17-9-10-18(15)3/h5,9-10,13-14,16H,4,6-8,11H2,1-3H3/t13-,14-/m1/s1. The maximum absolute atomic E-state index is 4.34. The fraction of sp³-hybridized carbons (Fsp3) is 0.667. The Labute approximate surface area is 110 Å². The van der Waals surface area contributed by atoms with Crippen molar-refractivity contribution in [2.75, 3.05) is 13.1 Å². The normalized spacial score (nSPS) is 24.1. The summed E-state index contributed by atoms with van der Waals surface area (Å²) in [6.45, 7) is 6.78. The quantitative estimate of drug-likeness (QED) is 0.640. The molecule has 1 aliphatic carbocycles. The second-order valence-corrected chi connectivity index (χ2v) is 5.52. The Morgan fingerprint density at radius 2 is 2.33 bits per heavy atom. The van der Waals surface area contributed by atoms with Crippen LogP contribution in [0.2, 0.25) is 0 Å². The van der Waals surface area contributed by atoms with Gasteiger partial charge in [0.25, 0.3) is 0 Å². The molecule has 3 nitrogen and oxygen atoms in total. The van der Waals surface area contributed by atoms with Gasteiger partial charge in [-0.15, -0.1) is 0 Å². The van der Waals surface area contributed by atoms with Gasteiger partial charge in [0.2, 0.25) is 0 Å². The molecule has 2 rings (SSSR count). The van der Waals surface area contributed by atoms with Crippen molar-refractivity contribution in [3.8, 4) is 0 Å². The lowest BCUT2D eigenvalue weighted by Gasteiger charge is -2.29. The third-order valence-electron chi connectivity index (χ3n) is 4.17. The monoisotopic (exact) mass is 247 g/mol. The van der Waals surface area contributed by atoms with Crippen LogP contribution >= 0.6 is 0 Å². The number of rotatable bonds is 5. The van der Waals surface area contributed by atoms with Gasteiger partial charge in [-0.25, -0.2) is 4.98 Å². The van der Waals surface area contributed by atoms with E-state index in [0.717, 1.165) is 37.2 Å². The van der Waals surface area contributed by atoms with Gasteiger partial charge in [0.1, 0.15) is 5.82 Å². The van der Waals surface area contributed by atoms with E-state index in [1.807, 2.05) is 12.4 Å². The molecule has 0 unspecified atom stereocenters. The Morgan fingerprint density at radius 1 is 1.50 bits per heavy atom. The van der Waals surface area contributed by atoms with Crippen LogP contribution in [-0.4, -0.2) is 22.6 Å². The molecule has 1 aromatic rings. The molecule has 3 heteroatoms. The van der Waals surface area contributed by atoms with E-state index >= 15 is 0 Å². The summed E-state index contributed by atoms with van der Waals surface area (Å²) in [5.74, 6) is 2.70. The zero-order valence-corrected chi connectivity index (χ0v) is 11.8. The van der Waals surface area contributed by atoms with Crippen LogP contribution in [0.15, 0.2) is 24.0 Å². The first-order chi connectivity index (χ1) is 8.68. The number of nitrogens with one attached hydrogen (secondary N) is 1. The van der Waals surface area contributed by atoms with Crippen molar-refractivity contribution >= 4 is 0 Å². The Balaban J connectivity index is 1.74. The number of hydrogen-bond acceptors (Lipinski definition) is 2. The smallest absolute Gasteiger partial charge is 0.109 e. The van der Waals surface area contributed by atoms with E-state index in [1.165, 1.54) is 12.8 Å². The van der Waals surface area contributed by atoms with Gasteiger partial charge < -0.3 is 9.88 Å². The van der Waals surface area contributed by atoms with Gasteiger partial charge in [-0.3, -0.25) is 0 Å². The van der Waals surface area contributed by atoms with Crippen LogP contribution in [-0.2, 0) is 13.5 Å². The predicted molar refractivity (Wildman–Crippen MR) is 75.4 cm³/mol. The maximum Gasteiger partial charge on any atom is 0.109 e. The molecule has 1 aromatic heterocycles. The molecule has 1 heterocycles. The van der Waals surface area contributed by atoms with Crippen LogP contribution in [0, 0.1) is 11.8 Å². The number of hydrogen-bond donors (Lipinski definition) is 1. The van der Waals surface area contributed by atoms with Crippen molar-refractivity contribution in [1.82, 2.24) is 14.9 Å². The summed E-state index contributed by atoms with van der Waals surface area (Å²) in [5, 5.41) is 3.59. The molecular formula is C15H25N3. The Kier molecular flexibility index (Phi) is 4.59. The van der Waals surface area contributed by atoms with Gasteiger partial charge in [0.05, 0.1) is 0 Å². The first-order valence-corrected chi connectivity index (χ1v) is 7.02. The Bertz CT molecular complexity index is 406. The summed E-state index contributed by atoms with van der Waals surface area (Å²) >= 11 is 0. The van der Waals surface area contributed by atoms with E-state index in [2.05, 4.69) is 41.8 Å². The third-order valence-corrected chi connectivity index (χ3v) is 4.17. The maximum atomic E-state index is 4.34. The lowest BCUT2D eigenvalue weighted by Crippen LogP contribution is -2.31. The van der Waals surface area contributed by atoms with E-state index in [0.29, 0.717) is 0 Å². The molecule has 18 heavy (non-hydrogen) atoms. The van der Waals surface area contributed by atoms with Gasteiger partial charge in [-0.1, -0.05) is 18.6 Å². The molecule has 0 amide bonds.